The standard InChI is InChI=1S/C17H27N3O2/c1-3-18(4-2)9-10-19-11-13-20(14-12-19)17(22)15-5-7-16(21)8-6-15/h5-8,21H,3-4,9-14H2,1-2H3. The van der Waals surface area contributed by atoms with E-state index in [4.69, 9.17) is 0 Å². The van der Waals surface area contributed by atoms with E-state index in [1.807, 2.05) is 4.90 Å². The van der Waals surface area contributed by atoms with Crippen LogP contribution in [0.2, 0.25) is 0 Å². The number of nitrogens with zero attached hydrogens (tertiary/aromatic N) is 3. The molecule has 0 spiro atoms. The molecule has 0 radical (unpaired) electrons. The molecular weight excluding hydrogens is 278 g/mol. The monoisotopic (exact) mass is 305 g/mol. The van der Waals surface area contributed by atoms with E-state index in [-0.39, 0.29) is 11.7 Å². The molecule has 0 unspecified atom stereocenters. The number of benzene rings is 1. The third kappa shape index (κ3) is 4.45. The number of carbonyl (C=O) groups is 1. The summed E-state index contributed by atoms with van der Waals surface area (Å²) in [4.78, 5) is 19.2. The van der Waals surface area contributed by atoms with Crippen molar-refractivity contribution in [3.8, 4) is 5.75 Å². The predicted octanol–water partition coefficient (Wildman–Crippen LogP) is 1.49. The topological polar surface area (TPSA) is 47.0 Å². The Morgan fingerprint density at radius 3 is 2.23 bits per heavy atom. The Morgan fingerprint density at radius 1 is 1.09 bits per heavy atom. The molecule has 2 rings (SSSR count). The first kappa shape index (κ1) is 16.8. The van der Waals surface area contributed by atoms with Gasteiger partial charge in [-0.05, 0) is 37.4 Å². The lowest BCUT2D eigenvalue weighted by Crippen LogP contribution is -2.50. The minimum absolute atomic E-state index is 0.0587. The second-order valence-corrected chi connectivity index (χ2v) is 5.71. The van der Waals surface area contributed by atoms with Gasteiger partial charge in [0.25, 0.3) is 5.91 Å². The van der Waals surface area contributed by atoms with E-state index in [1.165, 1.54) is 0 Å². The zero-order valence-electron chi connectivity index (χ0n) is 13.7. The molecule has 1 saturated heterocycles. The molecule has 1 aliphatic rings. The van der Waals surface area contributed by atoms with Crippen LogP contribution >= 0.6 is 0 Å². The van der Waals surface area contributed by atoms with Gasteiger partial charge in [0.2, 0.25) is 0 Å². The fourth-order valence-corrected chi connectivity index (χ4v) is 2.78. The highest BCUT2D eigenvalue weighted by atomic mass is 16.3. The highest BCUT2D eigenvalue weighted by Gasteiger charge is 2.22. The van der Waals surface area contributed by atoms with E-state index in [0.29, 0.717) is 5.56 Å². The van der Waals surface area contributed by atoms with Crippen molar-refractivity contribution in [2.24, 2.45) is 0 Å². The molecule has 5 nitrogen and oxygen atoms in total. The van der Waals surface area contributed by atoms with Crippen LogP contribution in [0.25, 0.3) is 0 Å². The van der Waals surface area contributed by atoms with Gasteiger partial charge in [-0.15, -0.1) is 0 Å². The molecule has 0 atom stereocenters. The van der Waals surface area contributed by atoms with E-state index in [1.54, 1.807) is 24.3 Å². The number of phenolic OH excluding ortho intramolecular Hbond substituents is 1. The minimum Gasteiger partial charge on any atom is -0.508 e. The van der Waals surface area contributed by atoms with Crippen molar-refractivity contribution < 1.29 is 9.90 Å². The molecule has 5 heteroatoms. The molecule has 1 fully saturated rings. The highest BCUT2D eigenvalue weighted by Crippen LogP contribution is 2.13. The van der Waals surface area contributed by atoms with Gasteiger partial charge < -0.3 is 14.9 Å². The van der Waals surface area contributed by atoms with Crippen molar-refractivity contribution in [1.82, 2.24) is 14.7 Å². The van der Waals surface area contributed by atoms with Crippen LogP contribution in [0, 0.1) is 0 Å². The van der Waals surface area contributed by atoms with Crippen molar-refractivity contribution in [2.45, 2.75) is 13.8 Å². The molecule has 0 aliphatic carbocycles. The van der Waals surface area contributed by atoms with Crippen LogP contribution in [0.1, 0.15) is 24.2 Å². The fourth-order valence-electron chi connectivity index (χ4n) is 2.78. The smallest absolute Gasteiger partial charge is 0.253 e. The maximum absolute atomic E-state index is 12.4. The van der Waals surface area contributed by atoms with Crippen LogP contribution in [-0.2, 0) is 0 Å². The summed E-state index contributed by atoms with van der Waals surface area (Å²) >= 11 is 0. The summed E-state index contributed by atoms with van der Waals surface area (Å²) in [7, 11) is 0. The van der Waals surface area contributed by atoms with Crippen LogP contribution in [0.15, 0.2) is 24.3 Å². The predicted molar refractivity (Wildman–Crippen MR) is 88.2 cm³/mol. The average Bonchev–Trinajstić information content (AvgIpc) is 2.56. The van der Waals surface area contributed by atoms with Crippen LogP contribution in [0.5, 0.6) is 5.75 Å². The first-order valence-corrected chi connectivity index (χ1v) is 8.17. The van der Waals surface area contributed by atoms with Crippen molar-refractivity contribution in [1.29, 1.82) is 0 Å². The number of hydrogen-bond donors (Lipinski definition) is 1. The number of likely N-dealkylation sites (N-methyl/N-ethyl adjacent to an activating group) is 1. The summed E-state index contributed by atoms with van der Waals surface area (Å²) in [6.45, 7) is 12.2. The second kappa shape index (κ2) is 8.15. The van der Waals surface area contributed by atoms with Crippen molar-refractivity contribution in [3.05, 3.63) is 29.8 Å². The van der Waals surface area contributed by atoms with Crippen LogP contribution in [-0.4, -0.2) is 78.1 Å². The molecule has 1 aromatic carbocycles. The van der Waals surface area contributed by atoms with Gasteiger partial charge in [0.05, 0.1) is 0 Å². The lowest BCUT2D eigenvalue weighted by atomic mass is 10.1. The summed E-state index contributed by atoms with van der Waals surface area (Å²) < 4.78 is 0. The molecular formula is C17H27N3O2. The number of rotatable bonds is 6. The van der Waals surface area contributed by atoms with Crippen molar-refractivity contribution in [2.75, 3.05) is 52.4 Å². The highest BCUT2D eigenvalue weighted by molar-refractivity contribution is 5.94. The number of aromatic hydroxyl groups is 1. The lowest BCUT2D eigenvalue weighted by Gasteiger charge is -2.35. The maximum atomic E-state index is 12.4. The summed E-state index contributed by atoms with van der Waals surface area (Å²) in [6.07, 6.45) is 0. The van der Waals surface area contributed by atoms with Gasteiger partial charge in [-0.1, -0.05) is 13.8 Å². The number of piperazine rings is 1. The van der Waals surface area contributed by atoms with Crippen LogP contribution < -0.4 is 0 Å². The molecule has 1 aliphatic heterocycles. The molecule has 1 aromatic rings. The van der Waals surface area contributed by atoms with Gasteiger partial charge in [0.1, 0.15) is 5.75 Å². The summed E-state index contributed by atoms with van der Waals surface area (Å²) in [6, 6.07) is 6.50. The Balaban J connectivity index is 1.79. The Kier molecular flexibility index (Phi) is 6.21. The Bertz CT molecular complexity index is 463. The van der Waals surface area contributed by atoms with Gasteiger partial charge in [-0.25, -0.2) is 0 Å². The molecule has 1 heterocycles. The second-order valence-electron chi connectivity index (χ2n) is 5.71. The van der Waals surface area contributed by atoms with E-state index in [9.17, 15) is 9.90 Å². The molecule has 1 amide bonds. The third-order valence-corrected chi connectivity index (χ3v) is 4.40. The zero-order valence-corrected chi connectivity index (χ0v) is 13.7. The van der Waals surface area contributed by atoms with Crippen molar-refractivity contribution in [3.63, 3.8) is 0 Å². The van der Waals surface area contributed by atoms with Crippen LogP contribution in [0.4, 0.5) is 0 Å². The molecule has 0 saturated carbocycles. The number of hydrogen-bond acceptors (Lipinski definition) is 4. The van der Waals surface area contributed by atoms with Gasteiger partial charge in [0.15, 0.2) is 0 Å². The molecule has 22 heavy (non-hydrogen) atoms. The Hall–Kier alpha value is -1.59. The van der Waals surface area contributed by atoms with E-state index in [0.717, 1.165) is 52.4 Å². The average molecular weight is 305 g/mol. The fraction of sp³-hybridized carbons (Fsp3) is 0.588. The lowest BCUT2D eigenvalue weighted by molar-refractivity contribution is 0.0625. The minimum atomic E-state index is 0.0587. The molecule has 0 bridgehead atoms. The summed E-state index contributed by atoms with van der Waals surface area (Å²) in [5, 5.41) is 9.29. The Labute approximate surface area is 133 Å². The molecule has 122 valence electrons. The van der Waals surface area contributed by atoms with Gasteiger partial charge in [-0.3, -0.25) is 9.69 Å². The van der Waals surface area contributed by atoms with Gasteiger partial charge in [-0.2, -0.15) is 0 Å². The normalized spacial score (nSPS) is 16.2. The SMILES string of the molecule is CCN(CC)CCN1CCN(C(=O)c2ccc(O)cc2)CC1. The molecule has 1 N–H and O–H groups in total. The van der Waals surface area contributed by atoms with E-state index in [2.05, 4.69) is 23.6 Å². The van der Waals surface area contributed by atoms with E-state index >= 15 is 0 Å². The number of phenols is 1. The largest absolute Gasteiger partial charge is 0.508 e. The number of amides is 1. The quantitative estimate of drug-likeness (QED) is 0.865. The van der Waals surface area contributed by atoms with E-state index < -0.39 is 0 Å². The first-order valence-electron chi connectivity index (χ1n) is 8.17. The maximum Gasteiger partial charge on any atom is 0.253 e. The van der Waals surface area contributed by atoms with Crippen molar-refractivity contribution >= 4 is 5.91 Å². The Morgan fingerprint density at radius 2 is 1.68 bits per heavy atom. The number of carbonyl (C=O) groups excluding carboxylic acids is 1. The summed E-state index contributed by atoms with van der Waals surface area (Å²) in [5.74, 6) is 0.251. The van der Waals surface area contributed by atoms with Gasteiger partial charge >= 0.3 is 0 Å². The first-order chi connectivity index (χ1) is 10.6. The third-order valence-electron chi connectivity index (χ3n) is 4.40. The summed E-state index contributed by atoms with van der Waals surface area (Å²) in [5.41, 5.74) is 0.648. The zero-order chi connectivity index (χ0) is 15.9. The van der Waals surface area contributed by atoms with Gasteiger partial charge in [0, 0.05) is 44.8 Å². The molecule has 0 aromatic heterocycles. The van der Waals surface area contributed by atoms with Crippen LogP contribution in [0.3, 0.4) is 0 Å².